The van der Waals surface area contributed by atoms with E-state index in [0.717, 1.165) is 32.6 Å². The van der Waals surface area contributed by atoms with Crippen LogP contribution in [0.2, 0.25) is 0 Å². The molecule has 1 atom stereocenters. The van der Waals surface area contributed by atoms with Gasteiger partial charge in [0.2, 0.25) is 0 Å². The van der Waals surface area contributed by atoms with E-state index in [9.17, 15) is 9.90 Å². The third-order valence-electron chi connectivity index (χ3n) is 2.82. The van der Waals surface area contributed by atoms with Crippen molar-refractivity contribution in [2.24, 2.45) is 0 Å². The van der Waals surface area contributed by atoms with Crippen LogP contribution >= 0.6 is 0 Å². The van der Waals surface area contributed by atoms with Crippen molar-refractivity contribution < 1.29 is 9.90 Å². The van der Waals surface area contributed by atoms with E-state index < -0.39 is 0 Å². The molecule has 5 heteroatoms. The lowest BCUT2D eigenvalue weighted by Crippen LogP contribution is -2.51. The van der Waals surface area contributed by atoms with Gasteiger partial charge in [-0.05, 0) is 6.42 Å². The number of nitrogens with one attached hydrogen (secondary N) is 1. The molecule has 2 amide bonds. The summed E-state index contributed by atoms with van der Waals surface area (Å²) in [6, 6.07) is 0.0862. The number of aliphatic hydroxyl groups is 1. The maximum Gasteiger partial charge on any atom is 0.320 e. The average molecular weight is 199 g/mol. The molecular weight excluding hydrogens is 182 g/mol. The van der Waals surface area contributed by atoms with Crippen LogP contribution in [0.15, 0.2) is 0 Å². The quantitative estimate of drug-likeness (QED) is 0.530. The summed E-state index contributed by atoms with van der Waals surface area (Å²) in [4.78, 5) is 15.5. The highest BCUT2D eigenvalue weighted by Gasteiger charge is 2.28. The lowest BCUT2D eigenvalue weighted by atomic mass is 10.3. The number of rotatable bonds is 0. The van der Waals surface area contributed by atoms with Gasteiger partial charge in [0, 0.05) is 39.3 Å². The monoisotopic (exact) mass is 199 g/mol. The Balaban J connectivity index is 1.87. The Morgan fingerprint density at radius 1 is 1.21 bits per heavy atom. The van der Waals surface area contributed by atoms with Gasteiger partial charge in [-0.3, -0.25) is 0 Å². The van der Waals surface area contributed by atoms with Crippen molar-refractivity contribution >= 4 is 6.03 Å². The van der Waals surface area contributed by atoms with Crippen LogP contribution in [0, 0.1) is 0 Å². The zero-order chi connectivity index (χ0) is 9.97. The Morgan fingerprint density at radius 2 is 1.93 bits per heavy atom. The molecule has 0 aromatic heterocycles. The second kappa shape index (κ2) is 4.14. The van der Waals surface area contributed by atoms with E-state index in [-0.39, 0.29) is 12.1 Å². The van der Waals surface area contributed by atoms with E-state index in [1.807, 2.05) is 4.90 Å². The van der Waals surface area contributed by atoms with Gasteiger partial charge in [0.25, 0.3) is 0 Å². The number of piperazine rings is 1. The van der Waals surface area contributed by atoms with Crippen LogP contribution in [-0.4, -0.2) is 66.3 Å². The molecule has 2 heterocycles. The molecule has 2 aliphatic rings. The van der Waals surface area contributed by atoms with E-state index in [4.69, 9.17) is 0 Å². The molecule has 5 nitrogen and oxygen atoms in total. The van der Waals surface area contributed by atoms with Crippen LogP contribution in [0.3, 0.4) is 0 Å². The fourth-order valence-corrected chi connectivity index (χ4v) is 1.97. The normalized spacial score (nSPS) is 28.2. The van der Waals surface area contributed by atoms with Crippen LogP contribution in [0.1, 0.15) is 6.42 Å². The third kappa shape index (κ3) is 1.99. The summed E-state index contributed by atoms with van der Waals surface area (Å²) in [6.45, 7) is 4.52. The Labute approximate surface area is 83.7 Å². The summed E-state index contributed by atoms with van der Waals surface area (Å²) in [5, 5.41) is 12.5. The van der Waals surface area contributed by atoms with Crippen LogP contribution in [0.25, 0.3) is 0 Å². The highest BCUT2D eigenvalue weighted by Crippen LogP contribution is 2.11. The second-order valence-electron chi connectivity index (χ2n) is 3.91. The molecule has 2 aliphatic heterocycles. The van der Waals surface area contributed by atoms with Crippen molar-refractivity contribution in [3.8, 4) is 0 Å². The van der Waals surface area contributed by atoms with Crippen molar-refractivity contribution in [3.05, 3.63) is 0 Å². The number of hydrogen-bond acceptors (Lipinski definition) is 3. The highest BCUT2D eigenvalue weighted by molar-refractivity contribution is 5.75. The first kappa shape index (κ1) is 9.73. The number of urea groups is 1. The maximum atomic E-state index is 11.9. The Bertz CT molecular complexity index is 209. The van der Waals surface area contributed by atoms with Gasteiger partial charge < -0.3 is 20.2 Å². The van der Waals surface area contributed by atoms with Crippen molar-refractivity contribution in [1.29, 1.82) is 0 Å². The largest absolute Gasteiger partial charge is 0.391 e. The predicted octanol–water partition coefficient (Wildman–Crippen LogP) is -0.922. The van der Waals surface area contributed by atoms with Crippen LogP contribution in [-0.2, 0) is 0 Å². The molecule has 2 N–H and O–H groups in total. The van der Waals surface area contributed by atoms with E-state index in [0.29, 0.717) is 13.1 Å². The van der Waals surface area contributed by atoms with Gasteiger partial charge in [0.1, 0.15) is 0 Å². The van der Waals surface area contributed by atoms with E-state index >= 15 is 0 Å². The number of nitrogens with zero attached hydrogens (tertiary/aromatic N) is 2. The van der Waals surface area contributed by atoms with Crippen molar-refractivity contribution in [3.63, 3.8) is 0 Å². The lowest BCUT2D eigenvalue weighted by Gasteiger charge is -2.31. The summed E-state index contributed by atoms with van der Waals surface area (Å²) in [7, 11) is 0. The molecular formula is C9H17N3O2. The SMILES string of the molecule is O=C(N1CCNCC1)N1CCC(O)C1. The topological polar surface area (TPSA) is 55.8 Å². The molecule has 0 radical (unpaired) electrons. The molecule has 2 fully saturated rings. The Kier molecular flexibility index (Phi) is 2.88. The maximum absolute atomic E-state index is 11.9. The van der Waals surface area contributed by atoms with Gasteiger partial charge in [-0.15, -0.1) is 0 Å². The van der Waals surface area contributed by atoms with Crippen molar-refractivity contribution in [2.75, 3.05) is 39.3 Å². The van der Waals surface area contributed by atoms with Crippen molar-refractivity contribution in [2.45, 2.75) is 12.5 Å². The fourth-order valence-electron chi connectivity index (χ4n) is 1.97. The molecule has 0 saturated carbocycles. The Morgan fingerprint density at radius 3 is 2.50 bits per heavy atom. The molecule has 0 aromatic carbocycles. The van der Waals surface area contributed by atoms with E-state index in [1.54, 1.807) is 4.90 Å². The number of β-amino-alcohol motifs (C(OH)–C–C–N with tert-alkyl or cyclic N) is 1. The van der Waals surface area contributed by atoms with Gasteiger partial charge in [0.05, 0.1) is 6.10 Å². The van der Waals surface area contributed by atoms with Gasteiger partial charge >= 0.3 is 6.03 Å². The minimum atomic E-state index is -0.318. The molecule has 2 rings (SSSR count). The van der Waals surface area contributed by atoms with Crippen LogP contribution in [0.5, 0.6) is 0 Å². The van der Waals surface area contributed by atoms with Gasteiger partial charge in [-0.2, -0.15) is 0 Å². The van der Waals surface area contributed by atoms with Gasteiger partial charge in [0.15, 0.2) is 0 Å². The first-order chi connectivity index (χ1) is 6.77. The second-order valence-corrected chi connectivity index (χ2v) is 3.91. The molecule has 0 aliphatic carbocycles. The summed E-state index contributed by atoms with van der Waals surface area (Å²) >= 11 is 0. The standard InChI is InChI=1S/C9H17N3O2/c13-8-1-4-12(7-8)9(14)11-5-2-10-3-6-11/h8,10,13H,1-7H2. The zero-order valence-corrected chi connectivity index (χ0v) is 8.28. The number of carbonyl (C=O) groups excluding carboxylic acids is 1. The smallest absolute Gasteiger partial charge is 0.320 e. The molecule has 0 spiro atoms. The fraction of sp³-hybridized carbons (Fsp3) is 0.889. The highest BCUT2D eigenvalue weighted by atomic mass is 16.3. The Hall–Kier alpha value is -0.810. The molecule has 14 heavy (non-hydrogen) atoms. The molecule has 0 aromatic rings. The summed E-state index contributed by atoms with van der Waals surface area (Å²) < 4.78 is 0. The first-order valence-electron chi connectivity index (χ1n) is 5.20. The minimum Gasteiger partial charge on any atom is -0.391 e. The van der Waals surface area contributed by atoms with E-state index in [1.165, 1.54) is 0 Å². The van der Waals surface area contributed by atoms with Crippen LogP contribution < -0.4 is 5.32 Å². The van der Waals surface area contributed by atoms with Crippen molar-refractivity contribution in [1.82, 2.24) is 15.1 Å². The number of likely N-dealkylation sites (tertiary alicyclic amines) is 1. The molecule has 80 valence electrons. The number of carbonyl (C=O) groups is 1. The lowest BCUT2D eigenvalue weighted by molar-refractivity contribution is 0.142. The minimum absolute atomic E-state index is 0.0862. The molecule has 0 bridgehead atoms. The molecule has 2 saturated heterocycles. The summed E-state index contributed by atoms with van der Waals surface area (Å²) in [6.07, 6.45) is 0.402. The number of amides is 2. The average Bonchev–Trinajstić information content (AvgIpc) is 2.65. The van der Waals surface area contributed by atoms with Gasteiger partial charge in [-0.25, -0.2) is 4.79 Å². The predicted molar refractivity (Wildman–Crippen MR) is 52.0 cm³/mol. The third-order valence-corrected chi connectivity index (χ3v) is 2.82. The number of hydrogen-bond donors (Lipinski definition) is 2. The zero-order valence-electron chi connectivity index (χ0n) is 8.28. The summed E-state index contributed by atoms with van der Waals surface area (Å²) in [5.74, 6) is 0. The van der Waals surface area contributed by atoms with E-state index in [2.05, 4.69) is 5.32 Å². The summed E-state index contributed by atoms with van der Waals surface area (Å²) in [5.41, 5.74) is 0. The van der Waals surface area contributed by atoms with Crippen LogP contribution in [0.4, 0.5) is 4.79 Å². The number of aliphatic hydroxyl groups excluding tert-OH is 1. The first-order valence-corrected chi connectivity index (χ1v) is 5.20. The van der Waals surface area contributed by atoms with Gasteiger partial charge in [-0.1, -0.05) is 0 Å². The molecule has 1 unspecified atom stereocenters.